The monoisotopic (exact) mass is 284 g/mol. The van der Waals surface area contributed by atoms with E-state index in [1.807, 2.05) is 0 Å². The molecule has 0 spiro atoms. The van der Waals surface area contributed by atoms with Crippen LogP contribution in [0.2, 0.25) is 0 Å². The third-order valence-electron chi connectivity index (χ3n) is 1.41. The molecule has 0 saturated carbocycles. The minimum atomic E-state index is -5.04. The second kappa shape index (κ2) is 10.7. The predicted molar refractivity (Wildman–Crippen MR) is 44.4 cm³/mol. The van der Waals surface area contributed by atoms with Gasteiger partial charge in [0.05, 0.1) is 6.61 Å². The van der Waals surface area contributed by atoms with Gasteiger partial charge in [-0.15, -0.1) is 0 Å². The number of carboxylic acids is 1. The molecule has 0 N–H and O–H groups in total. The van der Waals surface area contributed by atoms with E-state index in [1.54, 1.807) is 6.92 Å². The molecule has 0 rings (SSSR count). The average Bonchev–Trinajstić information content (AvgIpc) is 2.08. The maximum Gasteiger partial charge on any atom is 1.00 e. The van der Waals surface area contributed by atoms with Crippen LogP contribution in [0.15, 0.2) is 0 Å². The summed E-state index contributed by atoms with van der Waals surface area (Å²) in [7, 11) is -5.04. The Morgan fingerprint density at radius 3 is 2.06 bits per heavy atom. The van der Waals surface area contributed by atoms with Crippen LogP contribution in [0, 0.1) is 0 Å². The van der Waals surface area contributed by atoms with Gasteiger partial charge in [0, 0.05) is 12.4 Å². The average molecular weight is 284 g/mol. The van der Waals surface area contributed by atoms with Crippen molar-refractivity contribution in [1.82, 2.24) is 0 Å². The molecule has 0 aromatic heterocycles. The molecular weight excluding hydrogens is 274 g/mol. The summed E-state index contributed by atoms with van der Waals surface area (Å²) in [5.74, 6) is -3.15. The first-order valence-corrected chi connectivity index (χ1v) is 5.57. The van der Waals surface area contributed by atoms with Crippen molar-refractivity contribution in [3.63, 3.8) is 0 Å². The zero-order chi connectivity index (χ0) is 12.1. The van der Waals surface area contributed by atoms with Gasteiger partial charge in [0.25, 0.3) is 0 Å². The molecule has 0 heterocycles. The summed E-state index contributed by atoms with van der Waals surface area (Å²) in [5.41, 5.74) is 0. The van der Waals surface area contributed by atoms with Crippen LogP contribution in [0.3, 0.4) is 0 Å². The van der Waals surface area contributed by atoms with Crippen LogP contribution in [0.25, 0.3) is 0 Å². The van der Waals surface area contributed by atoms with Crippen molar-refractivity contribution >= 4 is 22.1 Å². The Morgan fingerprint density at radius 2 is 1.76 bits per heavy atom. The van der Waals surface area contributed by atoms with Gasteiger partial charge in [0.15, 0.2) is 5.25 Å². The Balaban J connectivity index is -0.000000980. The smallest absolute Gasteiger partial charge is 0.747 e. The molecule has 0 amide bonds. The van der Waals surface area contributed by atoms with Crippen LogP contribution >= 0.6 is 0 Å². The van der Waals surface area contributed by atoms with Crippen LogP contribution in [-0.4, -0.2) is 36.8 Å². The SMILES string of the molecule is CCCOC(=O)C(CC(=O)[O-])S(=O)(=O)[O-].[Na+].[Na+]. The topological polar surface area (TPSA) is 124 Å². The van der Waals surface area contributed by atoms with E-state index in [0.29, 0.717) is 6.42 Å². The summed E-state index contributed by atoms with van der Waals surface area (Å²) < 4.78 is 35.9. The Kier molecular flexibility index (Phi) is 14.5. The fourth-order valence-corrected chi connectivity index (χ4v) is 1.39. The molecule has 17 heavy (non-hydrogen) atoms. The van der Waals surface area contributed by atoms with E-state index >= 15 is 0 Å². The van der Waals surface area contributed by atoms with Gasteiger partial charge in [-0.3, -0.25) is 4.79 Å². The van der Waals surface area contributed by atoms with Crippen LogP contribution < -0.4 is 64.2 Å². The summed E-state index contributed by atoms with van der Waals surface area (Å²) >= 11 is 0. The van der Waals surface area contributed by atoms with Crippen molar-refractivity contribution in [3.8, 4) is 0 Å². The van der Waals surface area contributed by atoms with E-state index in [2.05, 4.69) is 4.74 Å². The van der Waals surface area contributed by atoms with Gasteiger partial charge < -0.3 is 19.2 Å². The fraction of sp³-hybridized carbons (Fsp3) is 0.714. The number of esters is 1. The number of rotatable bonds is 6. The molecule has 88 valence electrons. The molecule has 0 aliphatic rings. The maximum atomic E-state index is 11.0. The van der Waals surface area contributed by atoms with Crippen LogP contribution in [-0.2, 0) is 24.4 Å². The van der Waals surface area contributed by atoms with E-state index in [1.165, 1.54) is 0 Å². The molecule has 1 atom stereocenters. The van der Waals surface area contributed by atoms with Crippen LogP contribution in [0.5, 0.6) is 0 Å². The molecule has 7 nitrogen and oxygen atoms in total. The minimum absolute atomic E-state index is 0. The predicted octanol–water partition coefficient (Wildman–Crippen LogP) is -8.00. The molecule has 0 aliphatic heterocycles. The first-order valence-electron chi connectivity index (χ1n) is 4.10. The van der Waals surface area contributed by atoms with Crippen molar-refractivity contribution < 1.29 is 91.5 Å². The number of aliphatic carboxylic acids is 1. The Bertz CT molecular complexity index is 340. The molecule has 0 aromatic rings. The summed E-state index contributed by atoms with van der Waals surface area (Å²) in [5, 5.41) is 7.88. The van der Waals surface area contributed by atoms with Crippen molar-refractivity contribution in [2.45, 2.75) is 25.0 Å². The van der Waals surface area contributed by atoms with Crippen molar-refractivity contribution in [3.05, 3.63) is 0 Å². The molecule has 0 bridgehead atoms. The number of hydrogen-bond donors (Lipinski definition) is 0. The zero-order valence-corrected chi connectivity index (χ0v) is 14.8. The number of carbonyl (C=O) groups is 2. The molecule has 1 unspecified atom stereocenters. The largest absolute Gasteiger partial charge is 1.00 e. The van der Waals surface area contributed by atoms with Gasteiger partial charge in [0.2, 0.25) is 0 Å². The number of carboxylic acid groups (broad SMARTS) is 1. The molecule has 0 fully saturated rings. The molecule has 10 heteroatoms. The van der Waals surface area contributed by atoms with Gasteiger partial charge >= 0.3 is 65.1 Å². The molecular formula is C7H10Na2O7S. The number of carbonyl (C=O) groups excluding carboxylic acids is 2. The third kappa shape index (κ3) is 10.5. The van der Waals surface area contributed by atoms with E-state index in [4.69, 9.17) is 0 Å². The van der Waals surface area contributed by atoms with E-state index in [9.17, 15) is 27.7 Å². The standard InChI is InChI=1S/C7H12O7S.2Na/c1-2-3-14-7(10)5(4-6(8)9)15(11,12)13;;/h5H,2-4H2,1H3,(H,8,9)(H,11,12,13);;/q;2*+1/p-2. The van der Waals surface area contributed by atoms with Crippen molar-refractivity contribution in [2.75, 3.05) is 6.61 Å². The van der Waals surface area contributed by atoms with Gasteiger partial charge in [-0.05, 0) is 6.42 Å². The van der Waals surface area contributed by atoms with Crippen molar-refractivity contribution in [2.24, 2.45) is 0 Å². The fourth-order valence-electron chi connectivity index (χ4n) is 0.750. The van der Waals surface area contributed by atoms with E-state index in [0.717, 1.165) is 0 Å². The number of hydrogen-bond acceptors (Lipinski definition) is 7. The van der Waals surface area contributed by atoms with Gasteiger partial charge in [-0.2, -0.15) is 0 Å². The summed E-state index contributed by atoms with van der Waals surface area (Å²) in [6, 6.07) is 0. The molecule has 0 aromatic carbocycles. The quantitative estimate of drug-likeness (QED) is 0.269. The van der Waals surface area contributed by atoms with E-state index in [-0.39, 0.29) is 65.7 Å². The zero-order valence-electron chi connectivity index (χ0n) is 9.96. The summed E-state index contributed by atoms with van der Waals surface area (Å²) in [6.45, 7) is 1.59. The maximum absolute atomic E-state index is 11.0. The first-order chi connectivity index (χ1) is 6.79. The Hall–Kier alpha value is 0.850. The molecule has 0 radical (unpaired) electrons. The van der Waals surface area contributed by atoms with Gasteiger partial charge in [-0.25, -0.2) is 8.42 Å². The third-order valence-corrected chi connectivity index (χ3v) is 2.47. The summed E-state index contributed by atoms with van der Waals surface area (Å²) in [4.78, 5) is 21.1. The molecule has 0 aliphatic carbocycles. The second-order valence-corrected chi connectivity index (χ2v) is 4.28. The van der Waals surface area contributed by atoms with Crippen molar-refractivity contribution in [1.29, 1.82) is 0 Å². The van der Waals surface area contributed by atoms with E-state index < -0.39 is 33.7 Å². The Morgan fingerprint density at radius 1 is 1.29 bits per heavy atom. The summed E-state index contributed by atoms with van der Waals surface area (Å²) in [6.07, 6.45) is -0.753. The molecule has 0 saturated heterocycles. The van der Waals surface area contributed by atoms with Crippen LogP contribution in [0.1, 0.15) is 19.8 Å². The van der Waals surface area contributed by atoms with Gasteiger partial charge in [0.1, 0.15) is 10.1 Å². The van der Waals surface area contributed by atoms with Gasteiger partial charge in [-0.1, -0.05) is 6.92 Å². The minimum Gasteiger partial charge on any atom is -0.747 e. The normalized spacial score (nSPS) is 11.6. The van der Waals surface area contributed by atoms with Crippen LogP contribution in [0.4, 0.5) is 0 Å². The second-order valence-electron chi connectivity index (χ2n) is 2.73. The Labute approximate surface area is 144 Å². The first kappa shape index (κ1) is 23.0. The number of ether oxygens (including phenoxy) is 1.